The second-order valence-corrected chi connectivity index (χ2v) is 6.21. The lowest BCUT2D eigenvalue weighted by Crippen LogP contribution is -2.20. The molecule has 0 aliphatic rings. The van der Waals surface area contributed by atoms with Crippen molar-refractivity contribution in [3.8, 4) is 11.3 Å². The molecule has 1 heterocycles. The van der Waals surface area contributed by atoms with E-state index in [0.29, 0.717) is 0 Å². The number of carbonyl (C=O) groups is 1. The van der Waals surface area contributed by atoms with Gasteiger partial charge in [-0.15, -0.1) is 0 Å². The number of amides is 2. The monoisotopic (exact) mass is 341 g/mol. The predicted molar refractivity (Wildman–Crippen MR) is 108 cm³/mol. The van der Waals surface area contributed by atoms with Crippen molar-refractivity contribution in [2.45, 2.75) is 6.92 Å². The summed E-state index contributed by atoms with van der Waals surface area (Å²) in [6.07, 6.45) is 0. The third-order valence-corrected chi connectivity index (χ3v) is 4.39. The van der Waals surface area contributed by atoms with Gasteiger partial charge in [-0.2, -0.15) is 0 Å². The van der Waals surface area contributed by atoms with Crippen LogP contribution < -0.4 is 10.6 Å². The van der Waals surface area contributed by atoms with Gasteiger partial charge in [0, 0.05) is 27.8 Å². The molecule has 4 nitrogen and oxygen atoms in total. The molecule has 3 N–H and O–H groups in total. The number of aromatic nitrogens is 1. The SMILES string of the molecule is Cc1ccccc1NC(=O)Nc1ccccc1-c1cc2ccccc2[nH]1. The van der Waals surface area contributed by atoms with Gasteiger partial charge in [-0.25, -0.2) is 4.79 Å². The van der Waals surface area contributed by atoms with Crippen LogP contribution in [0.2, 0.25) is 0 Å². The second kappa shape index (κ2) is 6.76. The molecule has 0 bridgehead atoms. The lowest BCUT2D eigenvalue weighted by atomic mass is 10.1. The van der Waals surface area contributed by atoms with Gasteiger partial charge in [-0.1, -0.05) is 54.6 Å². The van der Waals surface area contributed by atoms with Crippen LogP contribution in [-0.2, 0) is 0 Å². The smallest absolute Gasteiger partial charge is 0.323 e. The molecule has 0 aliphatic heterocycles. The molecule has 0 atom stereocenters. The van der Waals surface area contributed by atoms with Crippen LogP contribution in [0.5, 0.6) is 0 Å². The minimum Gasteiger partial charge on any atom is -0.354 e. The zero-order valence-corrected chi connectivity index (χ0v) is 14.4. The lowest BCUT2D eigenvalue weighted by molar-refractivity contribution is 0.262. The van der Waals surface area contributed by atoms with Crippen molar-refractivity contribution in [2.75, 3.05) is 10.6 Å². The average Bonchev–Trinajstić information content (AvgIpc) is 3.08. The van der Waals surface area contributed by atoms with E-state index in [9.17, 15) is 4.79 Å². The van der Waals surface area contributed by atoms with Gasteiger partial charge in [0.15, 0.2) is 0 Å². The van der Waals surface area contributed by atoms with E-state index in [1.54, 1.807) is 0 Å². The van der Waals surface area contributed by atoms with Crippen LogP contribution in [0, 0.1) is 6.92 Å². The first kappa shape index (κ1) is 16.0. The minimum atomic E-state index is -0.261. The fourth-order valence-electron chi connectivity index (χ4n) is 3.03. The summed E-state index contributed by atoms with van der Waals surface area (Å²) in [7, 11) is 0. The highest BCUT2D eigenvalue weighted by atomic mass is 16.2. The van der Waals surface area contributed by atoms with E-state index in [1.165, 1.54) is 0 Å². The van der Waals surface area contributed by atoms with Crippen LogP contribution in [0.25, 0.3) is 22.2 Å². The number of para-hydroxylation sites is 3. The summed E-state index contributed by atoms with van der Waals surface area (Å²) in [6.45, 7) is 1.97. The molecule has 0 unspecified atom stereocenters. The highest BCUT2D eigenvalue weighted by Crippen LogP contribution is 2.30. The van der Waals surface area contributed by atoms with Gasteiger partial charge in [-0.3, -0.25) is 0 Å². The molecule has 128 valence electrons. The Balaban J connectivity index is 1.61. The average molecular weight is 341 g/mol. The summed E-state index contributed by atoms with van der Waals surface area (Å²) >= 11 is 0. The molecular weight excluding hydrogens is 322 g/mol. The first-order chi connectivity index (χ1) is 12.7. The Kier molecular flexibility index (Phi) is 4.15. The number of H-pyrrole nitrogens is 1. The summed E-state index contributed by atoms with van der Waals surface area (Å²) in [6, 6.07) is 25.4. The van der Waals surface area contributed by atoms with Gasteiger partial charge < -0.3 is 15.6 Å². The molecule has 0 aliphatic carbocycles. The number of urea groups is 1. The standard InChI is InChI=1S/C22H19N3O/c1-15-8-2-5-11-18(15)24-22(26)25-20-13-7-4-10-17(20)21-14-16-9-3-6-12-19(16)23-21/h2-14,23H,1H3,(H2,24,25,26). The molecule has 2 amide bonds. The van der Waals surface area contributed by atoms with Gasteiger partial charge in [-0.05, 0) is 36.8 Å². The number of hydrogen-bond donors (Lipinski definition) is 3. The second-order valence-electron chi connectivity index (χ2n) is 6.21. The third-order valence-electron chi connectivity index (χ3n) is 4.39. The largest absolute Gasteiger partial charge is 0.354 e. The van der Waals surface area contributed by atoms with Crippen LogP contribution in [0.15, 0.2) is 78.9 Å². The molecular formula is C22H19N3O. The first-order valence-corrected chi connectivity index (χ1v) is 8.51. The highest BCUT2D eigenvalue weighted by Gasteiger charge is 2.11. The fraction of sp³-hybridized carbons (Fsp3) is 0.0455. The normalized spacial score (nSPS) is 10.7. The van der Waals surface area contributed by atoms with Crippen molar-refractivity contribution >= 4 is 28.3 Å². The molecule has 0 saturated carbocycles. The molecule has 4 heteroatoms. The Hall–Kier alpha value is -3.53. The number of anilines is 2. The van der Waals surface area contributed by atoms with Gasteiger partial charge in [0.1, 0.15) is 0 Å². The van der Waals surface area contributed by atoms with Crippen LogP contribution in [0.4, 0.5) is 16.2 Å². The van der Waals surface area contributed by atoms with E-state index >= 15 is 0 Å². The number of aromatic amines is 1. The number of fused-ring (bicyclic) bond motifs is 1. The van der Waals surface area contributed by atoms with E-state index in [-0.39, 0.29) is 6.03 Å². The van der Waals surface area contributed by atoms with Crippen LogP contribution >= 0.6 is 0 Å². The first-order valence-electron chi connectivity index (χ1n) is 8.51. The summed E-state index contributed by atoms with van der Waals surface area (Å²) in [5.74, 6) is 0. The van der Waals surface area contributed by atoms with E-state index in [0.717, 1.165) is 39.1 Å². The zero-order valence-electron chi connectivity index (χ0n) is 14.4. The summed E-state index contributed by atoms with van der Waals surface area (Å²) in [5, 5.41) is 7.00. The Morgan fingerprint density at radius 1 is 0.808 bits per heavy atom. The van der Waals surface area contributed by atoms with E-state index in [4.69, 9.17) is 0 Å². The van der Waals surface area contributed by atoms with Crippen LogP contribution in [0.3, 0.4) is 0 Å². The van der Waals surface area contributed by atoms with Crippen LogP contribution in [0.1, 0.15) is 5.56 Å². The maximum absolute atomic E-state index is 12.5. The van der Waals surface area contributed by atoms with E-state index in [1.807, 2.05) is 73.7 Å². The molecule has 0 spiro atoms. The van der Waals surface area contributed by atoms with Crippen molar-refractivity contribution < 1.29 is 4.79 Å². The number of carbonyl (C=O) groups excluding carboxylic acids is 1. The lowest BCUT2D eigenvalue weighted by Gasteiger charge is -2.12. The topological polar surface area (TPSA) is 56.9 Å². The number of hydrogen-bond acceptors (Lipinski definition) is 1. The van der Waals surface area contributed by atoms with Crippen molar-refractivity contribution in [1.82, 2.24) is 4.98 Å². The summed E-state index contributed by atoms with van der Waals surface area (Å²) in [5.41, 5.74) is 5.56. The predicted octanol–water partition coefficient (Wildman–Crippen LogP) is 5.79. The van der Waals surface area contributed by atoms with Crippen molar-refractivity contribution in [3.05, 3.63) is 84.4 Å². The Bertz CT molecular complexity index is 1050. The molecule has 3 aromatic carbocycles. The number of rotatable bonds is 3. The van der Waals surface area contributed by atoms with Gasteiger partial charge in [0.2, 0.25) is 0 Å². The molecule has 0 fully saturated rings. The molecule has 4 rings (SSSR count). The molecule has 1 aromatic heterocycles. The maximum Gasteiger partial charge on any atom is 0.323 e. The Morgan fingerprint density at radius 3 is 2.27 bits per heavy atom. The van der Waals surface area contributed by atoms with Crippen molar-refractivity contribution in [2.24, 2.45) is 0 Å². The van der Waals surface area contributed by atoms with Crippen molar-refractivity contribution in [1.29, 1.82) is 0 Å². The Labute approximate surface area is 151 Å². The third kappa shape index (κ3) is 3.17. The maximum atomic E-state index is 12.5. The number of nitrogens with one attached hydrogen (secondary N) is 3. The van der Waals surface area contributed by atoms with Crippen LogP contribution in [-0.4, -0.2) is 11.0 Å². The fourth-order valence-corrected chi connectivity index (χ4v) is 3.03. The molecule has 0 saturated heterocycles. The zero-order chi connectivity index (χ0) is 17.9. The van der Waals surface area contributed by atoms with Gasteiger partial charge in [0.05, 0.1) is 5.69 Å². The minimum absolute atomic E-state index is 0.261. The van der Waals surface area contributed by atoms with Gasteiger partial charge >= 0.3 is 6.03 Å². The number of benzene rings is 3. The van der Waals surface area contributed by atoms with Gasteiger partial charge in [0.25, 0.3) is 0 Å². The quantitative estimate of drug-likeness (QED) is 0.434. The van der Waals surface area contributed by atoms with E-state index < -0.39 is 0 Å². The molecule has 4 aromatic rings. The molecule has 0 radical (unpaired) electrons. The van der Waals surface area contributed by atoms with E-state index in [2.05, 4.69) is 27.8 Å². The Morgan fingerprint density at radius 2 is 1.46 bits per heavy atom. The number of aryl methyl sites for hydroxylation is 1. The summed E-state index contributed by atoms with van der Waals surface area (Å²) in [4.78, 5) is 15.9. The molecule has 26 heavy (non-hydrogen) atoms. The van der Waals surface area contributed by atoms with Crippen molar-refractivity contribution in [3.63, 3.8) is 0 Å². The highest BCUT2D eigenvalue weighted by molar-refractivity contribution is 6.03. The summed E-state index contributed by atoms with van der Waals surface area (Å²) < 4.78 is 0.